The maximum absolute atomic E-state index is 11.1. The highest BCUT2D eigenvalue weighted by atomic mass is 16.6. The summed E-state index contributed by atoms with van der Waals surface area (Å²) in [5.41, 5.74) is 2.62. The third-order valence-corrected chi connectivity index (χ3v) is 3.37. The van der Waals surface area contributed by atoms with Gasteiger partial charge in [-0.15, -0.1) is 0 Å². The zero-order valence-corrected chi connectivity index (χ0v) is 8.45. The van der Waals surface area contributed by atoms with Crippen molar-refractivity contribution in [2.24, 2.45) is 0 Å². The summed E-state index contributed by atoms with van der Waals surface area (Å²) in [4.78, 5) is 11.1. The normalized spacial score (nSPS) is 28.4. The third kappa shape index (κ3) is 1.39. The van der Waals surface area contributed by atoms with E-state index in [-0.39, 0.29) is 11.6 Å². The summed E-state index contributed by atoms with van der Waals surface area (Å²) in [6.07, 6.45) is 2.64. The van der Waals surface area contributed by atoms with Gasteiger partial charge in [0.1, 0.15) is 6.61 Å². The number of hydrogen-bond donors (Lipinski definition) is 1. The molecule has 1 N–H and O–H groups in total. The molecule has 1 saturated heterocycles. The first-order valence-corrected chi connectivity index (χ1v) is 5.29. The smallest absolute Gasteiger partial charge is 0.407 e. The van der Waals surface area contributed by atoms with Crippen LogP contribution in [0.1, 0.15) is 17.5 Å². The van der Waals surface area contributed by atoms with Crippen LogP contribution in [0.15, 0.2) is 24.3 Å². The highest BCUT2D eigenvalue weighted by molar-refractivity contribution is 5.71. The van der Waals surface area contributed by atoms with E-state index in [4.69, 9.17) is 4.74 Å². The lowest BCUT2D eigenvalue weighted by Gasteiger charge is -2.32. The van der Waals surface area contributed by atoms with Crippen molar-refractivity contribution in [3.63, 3.8) is 0 Å². The van der Waals surface area contributed by atoms with E-state index >= 15 is 0 Å². The van der Waals surface area contributed by atoms with Gasteiger partial charge in [0, 0.05) is 0 Å². The molecule has 1 aromatic rings. The van der Waals surface area contributed by atoms with Gasteiger partial charge in [0.05, 0.1) is 5.54 Å². The van der Waals surface area contributed by atoms with Crippen LogP contribution in [0.5, 0.6) is 0 Å². The number of ether oxygens (including phenoxy) is 1. The number of hydrogen-bond acceptors (Lipinski definition) is 2. The molecule has 1 aromatic carbocycles. The first kappa shape index (κ1) is 8.77. The summed E-state index contributed by atoms with van der Waals surface area (Å²) in [5, 5.41) is 2.95. The van der Waals surface area contributed by atoms with E-state index in [9.17, 15) is 4.79 Å². The van der Waals surface area contributed by atoms with Crippen LogP contribution >= 0.6 is 0 Å². The predicted octanol–water partition coefficient (Wildman–Crippen LogP) is 1.65. The van der Waals surface area contributed by atoms with Crippen LogP contribution in [0.3, 0.4) is 0 Å². The monoisotopic (exact) mass is 203 g/mol. The summed E-state index contributed by atoms with van der Waals surface area (Å²) in [6, 6.07) is 8.43. The van der Waals surface area contributed by atoms with E-state index in [0.29, 0.717) is 6.61 Å². The van der Waals surface area contributed by atoms with Crippen LogP contribution < -0.4 is 5.32 Å². The van der Waals surface area contributed by atoms with Crippen molar-refractivity contribution in [3.8, 4) is 0 Å². The number of carbonyl (C=O) groups excluding carboxylic acids is 1. The van der Waals surface area contributed by atoms with Gasteiger partial charge < -0.3 is 10.1 Å². The molecule has 0 saturated carbocycles. The van der Waals surface area contributed by atoms with E-state index in [1.54, 1.807) is 0 Å². The number of carbonyl (C=O) groups is 1. The zero-order chi connectivity index (χ0) is 10.3. The Labute approximate surface area is 88.4 Å². The summed E-state index contributed by atoms with van der Waals surface area (Å²) in [7, 11) is 0. The molecule has 0 radical (unpaired) electrons. The van der Waals surface area contributed by atoms with Crippen LogP contribution in [0.2, 0.25) is 0 Å². The second kappa shape index (κ2) is 2.99. The van der Waals surface area contributed by atoms with E-state index in [1.165, 1.54) is 11.1 Å². The molecule has 1 atom stereocenters. The summed E-state index contributed by atoms with van der Waals surface area (Å²) < 4.78 is 5.01. The number of fused-ring (bicyclic) bond motifs is 1. The Kier molecular flexibility index (Phi) is 1.75. The van der Waals surface area contributed by atoms with Gasteiger partial charge in [0.2, 0.25) is 0 Å². The van der Waals surface area contributed by atoms with E-state index < -0.39 is 0 Å². The summed E-state index contributed by atoms with van der Waals surface area (Å²) in [6.45, 7) is 0.514. The molecule has 3 rings (SSSR count). The van der Waals surface area contributed by atoms with Crippen molar-refractivity contribution in [1.82, 2.24) is 5.32 Å². The Morgan fingerprint density at radius 2 is 2.07 bits per heavy atom. The molecule has 1 amide bonds. The van der Waals surface area contributed by atoms with Crippen molar-refractivity contribution >= 4 is 6.09 Å². The quantitative estimate of drug-likeness (QED) is 0.696. The number of alkyl carbamates (subject to hydrolysis) is 1. The Hall–Kier alpha value is -1.51. The Morgan fingerprint density at radius 1 is 1.27 bits per heavy atom. The number of cyclic esters (lactones) is 1. The number of aryl methyl sites for hydroxylation is 1. The second-order valence-electron chi connectivity index (χ2n) is 4.43. The SMILES string of the molecule is O=C1NC2(CCc3ccccc3C2)CO1. The molecule has 1 unspecified atom stereocenters. The maximum atomic E-state index is 11.1. The van der Waals surface area contributed by atoms with E-state index in [0.717, 1.165) is 19.3 Å². The highest BCUT2D eigenvalue weighted by Gasteiger charge is 2.41. The number of benzene rings is 1. The van der Waals surface area contributed by atoms with Gasteiger partial charge in [-0.05, 0) is 30.4 Å². The number of nitrogens with one attached hydrogen (secondary N) is 1. The van der Waals surface area contributed by atoms with Crippen LogP contribution in [-0.4, -0.2) is 18.2 Å². The topological polar surface area (TPSA) is 38.3 Å². The molecule has 1 fully saturated rings. The van der Waals surface area contributed by atoms with Crippen LogP contribution in [-0.2, 0) is 17.6 Å². The standard InChI is InChI=1S/C12H13NO2/c14-11-13-12(8-15-11)6-5-9-3-1-2-4-10(9)7-12/h1-4H,5-8H2,(H,13,14). The van der Waals surface area contributed by atoms with Gasteiger partial charge in [-0.3, -0.25) is 0 Å². The van der Waals surface area contributed by atoms with E-state index in [2.05, 4.69) is 29.6 Å². The largest absolute Gasteiger partial charge is 0.447 e. The van der Waals surface area contributed by atoms with Gasteiger partial charge in [-0.1, -0.05) is 24.3 Å². The number of rotatable bonds is 0. The van der Waals surface area contributed by atoms with Crippen molar-refractivity contribution < 1.29 is 9.53 Å². The first-order chi connectivity index (χ1) is 7.27. The van der Waals surface area contributed by atoms with Gasteiger partial charge in [-0.2, -0.15) is 0 Å². The Morgan fingerprint density at radius 3 is 2.80 bits per heavy atom. The molecule has 1 aliphatic carbocycles. The van der Waals surface area contributed by atoms with Crippen molar-refractivity contribution in [2.45, 2.75) is 24.8 Å². The van der Waals surface area contributed by atoms with Gasteiger partial charge in [-0.25, -0.2) is 4.79 Å². The maximum Gasteiger partial charge on any atom is 0.407 e. The lowest BCUT2D eigenvalue weighted by atomic mass is 9.79. The molecule has 2 aliphatic rings. The lowest BCUT2D eigenvalue weighted by molar-refractivity contribution is 0.170. The average Bonchev–Trinajstić information content (AvgIpc) is 2.60. The molecule has 3 heteroatoms. The fourth-order valence-electron chi connectivity index (χ4n) is 2.52. The minimum Gasteiger partial charge on any atom is -0.447 e. The van der Waals surface area contributed by atoms with Crippen LogP contribution in [0, 0.1) is 0 Å². The van der Waals surface area contributed by atoms with Crippen molar-refractivity contribution in [1.29, 1.82) is 0 Å². The molecule has 0 aromatic heterocycles. The van der Waals surface area contributed by atoms with Crippen molar-refractivity contribution in [2.75, 3.05) is 6.61 Å². The lowest BCUT2D eigenvalue weighted by Crippen LogP contribution is -2.47. The van der Waals surface area contributed by atoms with Gasteiger partial charge in [0.25, 0.3) is 0 Å². The predicted molar refractivity (Wildman–Crippen MR) is 55.7 cm³/mol. The minimum absolute atomic E-state index is 0.133. The molecule has 78 valence electrons. The molecule has 0 bridgehead atoms. The molecule has 3 nitrogen and oxygen atoms in total. The van der Waals surface area contributed by atoms with Crippen molar-refractivity contribution in [3.05, 3.63) is 35.4 Å². The fourth-order valence-corrected chi connectivity index (χ4v) is 2.52. The summed E-state index contributed by atoms with van der Waals surface area (Å²) >= 11 is 0. The third-order valence-electron chi connectivity index (χ3n) is 3.37. The van der Waals surface area contributed by atoms with E-state index in [1.807, 2.05) is 0 Å². The minimum atomic E-state index is -0.269. The molecular weight excluding hydrogens is 190 g/mol. The first-order valence-electron chi connectivity index (χ1n) is 5.29. The second-order valence-corrected chi connectivity index (χ2v) is 4.43. The molecule has 1 heterocycles. The van der Waals surface area contributed by atoms with Crippen LogP contribution in [0.25, 0.3) is 0 Å². The Balaban J connectivity index is 1.92. The Bertz CT molecular complexity index is 416. The molecule has 1 spiro atoms. The molecule has 1 aliphatic heterocycles. The van der Waals surface area contributed by atoms with Crippen LogP contribution in [0.4, 0.5) is 4.79 Å². The van der Waals surface area contributed by atoms with Gasteiger partial charge >= 0.3 is 6.09 Å². The van der Waals surface area contributed by atoms with Gasteiger partial charge in [0.15, 0.2) is 0 Å². The molecule has 15 heavy (non-hydrogen) atoms. The zero-order valence-electron chi connectivity index (χ0n) is 8.45. The molecular formula is C12H13NO2. The average molecular weight is 203 g/mol. The highest BCUT2D eigenvalue weighted by Crippen LogP contribution is 2.31. The number of amides is 1. The fraction of sp³-hybridized carbons (Fsp3) is 0.417. The summed E-state index contributed by atoms with van der Waals surface area (Å²) in [5.74, 6) is 0.